The molecule has 80 valence electrons. The maximum Gasteiger partial charge on any atom is 0.390 e. The lowest BCUT2D eigenvalue weighted by Gasteiger charge is -2.06. The van der Waals surface area contributed by atoms with Crippen molar-refractivity contribution < 1.29 is 21.6 Å². The third kappa shape index (κ3) is 8.36. The van der Waals surface area contributed by atoms with Gasteiger partial charge in [-0.15, -0.1) is 11.6 Å². The van der Waals surface area contributed by atoms with Gasteiger partial charge in [0.15, 0.2) is 9.84 Å². The molecule has 0 saturated heterocycles. The quantitative estimate of drug-likeness (QED) is 0.687. The molecule has 0 radical (unpaired) electrons. The van der Waals surface area contributed by atoms with Gasteiger partial charge in [-0.05, 0) is 6.42 Å². The molecule has 13 heavy (non-hydrogen) atoms. The topological polar surface area (TPSA) is 34.1 Å². The van der Waals surface area contributed by atoms with E-state index in [1.165, 1.54) is 0 Å². The molecule has 0 unspecified atom stereocenters. The Morgan fingerprint density at radius 2 is 1.69 bits per heavy atom. The standard InChI is InChI=1S/C6H10ClF3O2S/c7-3-1-4-13(11,12)5-2-6(8,9)10/h1-5H2. The minimum absolute atomic E-state index is 0.144. The van der Waals surface area contributed by atoms with Crippen molar-refractivity contribution in [1.29, 1.82) is 0 Å². The van der Waals surface area contributed by atoms with Gasteiger partial charge in [-0.25, -0.2) is 8.42 Å². The molecule has 0 aliphatic heterocycles. The van der Waals surface area contributed by atoms with Crippen LogP contribution in [0.4, 0.5) is 13.2 Å². The fourth-order valence-corrected chi connectivity index (χ4v) is 2.27. The highest BCUT2D eigenvalue weighted by Crippen LogP contribution is 2.20. The van der Waals surface area contributed by atoms with Crippen LogP contribution in [-0.2, 0) is 9.84 Å². The van der Waals surface area contributed by atoms with Crippen LogP contribution in [-0.4, -0.2) is 32.0 Å². The lowest BCUT2D eigenvalue weighted by Crippen LogP contribution is -2.18. The second kappa shape index (κ2) is 5.05. The van der Waals surface area contributed by atoms with Crippen molar-refractivity contribution in [3.05, 3.63) is 0 Å². The smallest absolute Gasteiger partial charge is 0.229 e. The Kier molecular flexibility index (Phi) is 5.06. The number of alkyl halides is 4. The van der Waals surface area contributed by atoms with Gasteiger partial charge >= 0.3 is 6.18 Å². The number of sulfone groups is 1. The Balaban J connectivity index is 3.91. The summed E-state index contributed by atoms with van der Waals surface area (Å²) in [6.45, 7) is 0. The van der Waals surface area contributed by atoms with E-state index in [9.17, 15) is 21.6 Å². The number of rotatable bonds is 5. The highest BCUT2D eigenvalue weighted by atomic mass is 35.5. The molecule has 0 aromatic heterocycles. The van der Waals surface area contributed by atoms with Gasteiger partial charge in [-0.2, -0.15) is 13.2 Å². The molecule has 0 saturated carbocycles. The number of hydrogen-bond acceptors (Lipinski definition) is 2. The summed E-state index contributed by atoms with van der Waals surface area (Å²) >= 11 is 5.21. The second-order valence-corrected chi connectivity index (χ2v) is 5.24. The van der Waals surface area contributed by atoms with E-state index < -0.39 is 28.2 Å². The van der Waals surface area contributed by atoms with E-state index in [4.69, 9.17) is 11.6 Å². The molecule has 0 aromatic carbocycles. The van der Waals surface area contributed by atoms with Crippen molar-refractivity contribution in [2.24, 2.45) is 0 Å². The first-order valence-corrected chi connectivity index (χ1v) is 5.95. The maximum atomic E-state index is 11.6. The molecule has 0 atom stereocenters. The zero-order chi connectivity index (χ0) is 10.5. The first kappa shape index (κ1) is 13.0. The average molecular weight is 239 g/mol. The third-order valence-corrected chi connectivity index (χ3v) is 3.29. The van der Waals surface area contributed by atoms with Crippen molar-refractivity contribution in [3.8, 4) is 0 Å². The van der Waals surface area contributed by atoms with Crippen LogP contribution in [0, 0.1) is 0 Å². The summed E-state index contributed by atoms with van der Waals surface area (Å²) in [5.74, 6) is -0.967. The predicted octanol–water partition coefficient (Wildman–Crippen LogP) is 1.98. The molecule has 7 heteroatoms. The second-order valence-electron chi connectivity index (χ2n) is 2.56. The Morgan fingerprint density at radius 3 is 2.08 bits per heavy atom. The summed E-state index contributed by atoms with van der Waals surface area (Å²) in [5, 5.41) is 0. The minimum Gasteiger partial charge on any atom is -0.229 e. The summed E-state index contributed by atoms with van der Waals surface area (Å²) in [6.07, 6.45) is -5.49. The van der Waals surface area contributed by atoms with Crippen molar-refractivity contribution in [1.82, 2.24) is 0 Å². The normalized spacial score (nSPS) is 13.2. The lowest BCUT2D eigenvalue weighted by molar-refractivity contribution is -0.129. The fourth-order valence-electron chi connectivity index (χ4n) is 0.648. The van der Waals surface area contributed by atoms with Gasteiger partial charge in [0, 0.05) is 5.88 Å². The predicted molar refractivity (Wildman–Crippen MR) is 44.7 cm³/mol. The monoisotopic (exact) mass is 238 g/mol. The average Bonchev–Trinajstić information content (AvgIpc) is 1.97. The van der Waals surface area contributed by atoms with E-state index in [0.717, 1.165) is 0 Å². The van der Waals surface area contributed by atoms with Crippen LogP contribution >= 0.6 is 11.6 Å². The molecule has 0 spiro atoms. The lowest BCUT2D eigenvalue weighted by atomic mass is 10.5. The summed E-state index contributed by atoms with van der Waals surface area (Å²) in [4.78, 5) is 0. The molecule has 0 heterocycles. The van der Waals surface area contributed by atoms with Crippen LogP contribution in [0.25, 0.3) is 0 Å². The van der Waals surface area contributed by atoms with E-state index in [1.54, 1.807) is 0 Å². The Hall–Kier alpha value is 0.0300. The van der Waals surface area contributed by atoms with Crippen molar-refractivity contribution >= 4 is 21.4 Å². The Labute approximate surface area is 80.0 Å². The highest BCUT2D eigenvalue weighted by molar-refractivity contribution is 7.91. The molecule has 0 N–H and O–H groups in total. The van der Waals surface area contributed by atoms with Gasteiger partial charge in [0.25, 0.3) is 0 Å². The fraction of sp³-hybridized carbons (Fsp3) is 1.00. The van der Waals surface area contributed by atoms with Crippen LogP contribution in [0.15, 0.2) is 0 Å². The van der Waals surface area contributed by atoms with Crippen LogP contribution in [0.3, 0.4) is 0 Å². The molecule has 0 aliphatic carbocycles. The molecular weight excluding hydrogens is 229 g/mol. The Morgan fingerprint density at radius 1 is 1.15 bits per heavy atom. The van der Waals surface area contributed by atoms with E-state index in [2.05, 4.69) is 0 Å². The number of hydrogen-bond donors (Lipinski definition) is 0. The van der Waals surface area contributed by atoms with E-state index >= 15 is 0 Å². The molecule has 0 amide bonds. The first-order chi connectivity index (χ1) is 5.77. The van der Waals surface area contributed by atoms with Crippen molar-refractivity contribution in [2.75, 3.05) is 17.4 Å². The van der Waals surface area contributed by atoms with Crippen LogP contribution in [0.1, 0.15) is 12.8 Å². The SMILES string of the molecule is O=S(=O)(CCCCl)CCC(F)(F)F. The van der Waals surface area contributed by atoms with Crippen molar-refractivity contribution in [3.63, 3.8) is 0 Å². The Bertz CT molecular complexity index is 235. The third-order valence-electron chi connectivity index (χ3n) is 1.29. The molecule has 0 aliphatic rings. The highest BCUT2D eigenvalue weighted by Gasteiger charge is 2.29. The summed E-state index contributed by atoms with van der Waals surface area (Å²) in [5.41, 5.74) is 0. The minimum atomic E-state index is -4.41. The van der Waals surface area contributed by atoms with E-state index in [1.807, 2.05) is 0 Å². The van der Waals surface area contributed by atoms with E-state index in [0.29, 0.717) is 0 Å². The molecular formula is C6H10ClF3O2S. The summed E-state index contributed by atoms with van der Waals surface area (Å²) in [7, 11) is -3.58. The molecule has 0 aromatic rings. The van der Waals surface area contributed by atoms with Gasteiger partial charge in [0.2, 0.25) is 0 Å². The van der Waals surface area contributed by atoms with Crippen LogP contribution in [0.5, 0.6) is 0 Å². The van der Waals surface area contributed by atoms with Gasteiger partial charge in [-0.1, -0.05) is 0 Å². The maximum absolute atomic E-state index is 11.6. The first-order valence-electron chi connectivity index (χ1n) is 3.60. The summed E-state index contributed by atoms with van der Waals surface area (Å²) in [6, 6.07) is 0. The van der Waals surface area contributed by atoms with Gasteiger partial charge in [-0.3, -0.25) is 0 Å². The molecule has 2 nitrogen and oxygen atoms in total. The van der Waals surface area contributed by atoms with E-state index in [-0.39, 0.29) is 18.1 Å². The van der Waals surface area contributed by atoms with Gasteiger partial charge < -0.3 is 0 Å². The van der Waals surface area contributed by atoms with Gasteiger partial charge in [0.1, 0.15) is 0 Å². The zero-order valence-corrected chi connectivity index (χ0v) is 8.34. The summed E-state index contributed by atoms with van der Waals surface area (Å²) < 4.78 is 56.6. The number of halogens is 4. The van der Waals surface area contributed by atoms with Crippen molar-refractivity contribution in [2.45, 2.75) is 19.0 Å². The molecule has 0 rings (SSSR count). The molecule has 0 bridgehead atoms. The largest absolute Gasteiger partial charge is 0.390 e. The molecule has 0 fully saturated rings. The van der Waals surface area contributed by atoms with Crippen LogP contribution < -0.4 is 0 Å². The zero-order valence-electron chi connectivity index (χ0n) is 6.77. The van der Waals surface area contributed by atoms with Crippen LogP contribution in [0.2, 0.25) is 0 Å². The van der Waals surface area contributed by atoms with Gasteiger partial charge in [0.05, 0.1) is 17.9 Å².